The van der Waals surface area contributed by atoms with Gasteiger partial charge in [0.15, 0.2) is 0 Å². The van der Waals surface area contributed by atoms with Crippen LogP contribution in [-0.4, -0.2) is 75.6 Å². The predicted molar refractivity (Wildman–Crippen MR) is 70.1 cm³/mol. The molecule has 0 bridgehead atoms. The SMILES string of the molecule is CC(C)N(CCNCCN(C)C)CCOC(F)(F)F. The van der Waals surface area contributed by atoms with Crippen molar-refractivity contribution in [2.75, 3.05) is 53.4 Å². The quantitative estimate of drug-likeness (QED) is 0.614. The van der Waals surface area contributed by atoms with Crippen LogP contribution >= 0.6 is 0 Å². The van der Waals surface area contributed by atoms with Crippen LogP contribution in [0.15, 0.2) is 0 Å². The minimum atomic E-state index is -4.54. The van der Waals surface area contributed by atoms with Gasteiger partial charge in [0, 0.05) is 38.8 Å². The molecule has 0 aliphatic rings. The number of nitrogens with one attached hydrogen (secondary N) is 1. The van der Waals surface area contributed by atoms with Crippen molar-refractivity contribution in [1.29, 1.82) is 0 Å². The van der Waals surface area contributed by atoms with Crippen LogP contribution in [-0.2, 0) is 4.74 Å². The first-order chi connectivity index (χ1) is 8.72. The maximum Gasteiger partial charge on any atom is 0.522 e. The van der Waals surface area contributed by atoms with Gasteiger partial charge in [-0.1, -0.05) is 0 Å². The van der Waals surface area contributed by atoms with Crippen molar-refractivity contribution >= 4 is 0 Å². The molecule has 4 nitrogen and oxygen atoms in total. The van der Waals surface area contributed by atoms with E-state index >= 15 is 0 Å². The van der Waals surface area contributed by atoms with Crippen LogP contribution in [0.5, 0.6) is 0 Å². The molecular weight excluding hydrogens is 259 g/mol. The molecule has 0 aromatic rings. The summed E-state index contributed by atoms with van der Waals surface area (Å²) in [6, 6.07) is 0.201. The van der Waals surface area contributed by atoms with Gasteiger partial charge < -0.3 is 10.2 Å². The van der Waals surface area contributed by atoms with E-state index in [1.54, 1.807) is 0 Å². The predicted octanol–water partition coefficient (Wildman–Crippen LogP) is 1.38. The largest absolute Gasteiger partial charge is 0.522 e. The fourth-order valence-electron chi connectivity index (χ4n) is 1.56. The summed E-state index contributed by atoms with van der Waals surface area (Å²) in [5.41, 5.74) is 0. The van der Waals surface area contributed by atoms with Gasteiger partial charge in [-0.3, -0.25) is 9.64 Å². The van der Waals surface area contributed by atoms with Crippen molar-refractivity contribution in [1.82, 2.24) is 15.1 Å². The van der Waals surface area contributed by atoms with E-state index < -0.39 is 6.36 Å². The van der Waals surface area contributed by atoms with E-state index in [1.165, 1.54) is 0 Å². The monoisotopic (exact) mass is 285 g/mol. The molecule has 116 valence electrons. The lowest BCUT2D eigenvalue weighted by molar-refractivity contribution is -0.325. The van der Waals surface area contributed by atoms with E-state index in [0.717, 1.165) is 19.6 Å². The third kappa shape index (κ3) is 12.4. The van der Waals surface area contributed by atoms with Crippen molar-refractivity contribution in [3.05, 3.63) is 0 Å². The number of likely N-dealkylation sites (N-methyl/N-ethyl adjacent to an activating group) is 1. The Labute approximate surface area is 113 Å². The average molecular weight is 285 g/mol. The van der Waals surface area contributed by atoms with Crippen molar-refractivity contribution in [2.24, 2.45) is 0 Å². The van der Waals surface area contributed by atoms with Gasteiger partial charge in [0.2, 0.25) is 0 Å². The van der Waals surface area contributed by atoms with Gasteiger partial charge in [-0.15, -0.1) is 13.2 Å². The van der Waals surface area contributed by atoms with Crippen molar-refractivity contribution in [3.8, 4) is 0 Å². The standard InChI is InChI=1S/C12H26F3N3O/c1-11(2)18(9-10-19-12(13,14)15)8-6-16-5-7-17(3)4/h11,16H,5-10H2,1-4H3. The highest BCUT2D eigenvalue weighted by Crippen LogP contribution is 2.15. The highest BCUT2D eigenvalue weighted by molar-refractivity contribution is 4.64. The van der Waals surface area contributed by atoms with Crippen LogP contribution in [0, 0.1) is 0 Å². The van der Waals surface area contributed by atoms with E-state index in [4.69, 9.17) is 0 Å². The fourth-order valence-corrected chi connectivity index (χ4v) is 1.56. The minimum absolute atomic E-state index is 0.201. The van der Waals surface area contributed by atoms with Gasteiger partial charge in [0.1, 0.15) is 0 Å². The van der Waals surface area contributed by atoms with Gasteiger partial charge in [-0.25, -0.2) is 0 Å². The van der Waals surface area contributed by atoms with Crippen molar-refractivity contribution in [2.45, 2.75) is 26.3 Å². The summed E-state index contributed by atoms with van der Waals surface area (Å²) >= 11 is 0. The Morgan fingerprint density at radius 3 is 2.11 bits per heavy atom. The van der Waals surface area contributed by atoms with Gasteiger partial charge in [-0.05, 0) is 27.9 Å². The highest BCUT2D eigenvalue weighted by Gasteiger charge is 2.29. The first-order valence-electron chi connectivity index (χ1n) is 6.52. The summed E-state index contributed by atoms with van der Waals surface area (Å²) in [5, 5.41) is 3.26. The molecule has 0 saturated heterocycles. The van der Waals surface area contributed by atoms with Crippen LogP contribution in [0.25, 0.3) is 0 Å². The normalized spacial score (nSPS) is 12.9. The third-order valence-electron chi connectivity index (χ3n) is 2.69. The second kappa shape index (κ2) is 9.52. The van der Waals surface area contributed by atoms with Crippen molar-refractivity contribution in [3.63, 3.8) is 0 Å². The van der Waals surface area contributed by atoms with Crippen LogP contribution in [0.2, 0.25) is 0 Å². The molecule has 0 atom stereocenters. The Bertz CT molecular complexity index is 223. The van der Waals surface area contributed by atoms with Crippen LogP contribution in [0.3, 0.4) is 0 Å². The molecule has 0 radical (unpaired) electrons. The van der Waals surface area contributed by atoms with Crippen LogP contribution < -0.4 is 5.32 Å². The zero-order chi connectivity index (χ0) is 14.9. The van der Waals surface area contributed by atoms with Gasteiger partial charge in [-0.2, -0.15) is 0 Å². The zero-order valence-corrected chi connectivity index (χ0v) is 12.3. The highest BCUT2D eigenvalue weighted by atomic mass is 19.4. The molecule has 0 aliphatic carbocycles. The minimum Gasteiger partial charge on any atom is -0.314 e. The molecule has 0 spiro atoms. The number of alkyl halides is 3. The number of ether oxygens (including phenoxy) is 1. The molecule has 0 saturated carbocycles. The number of rotatable bonds is 10. The number of hydrogen-bond acceptors (Lipinski definition) is 4. The number of hydrogen-bond donors (Lipinski definition) is 1. The van der Waals surface area contributed by atoms with Gasteiger partial charge in [0.25, 0.3) is 0 Å². The molecule has 0 aliphatic heterocycles. The average Bonchev–Trinajstić information content (AvgIpc) is 2.23. The second-order valence-electron chi connectivity index (χ2n) is 4.98. The van der Waals surface area contributed by atoms with Crippen LogP contribution in [0.4, 0.5) is 13.2 Å². The molecule has 0 unspecified atom stereocenters. The van der Waals surface area contributed by atoms with E-state index in [1.807, 2.05) is 32.8 Å². The lowest BCUT2D eigenvalue weighted by Crippen LogP contribution is -2.40. The molecule has 0 heterocycles. The Balaban J connectivity index is 3.75. The summed E-state index contributed by atoms with van der Waals surface area (Å²) in [7, 11) is 3.99. The maximum atomic E-state index is 11.9. The topological polar surface area (TPSA) is 27.7 Å². The number of nitrogens with zero attached hydrogens (tertiary/aromatic N) is 2. The Kier molecular flexibility index (Phi) is 9.34. The summed E-state index contributed by atoms with van der Waals surface area (Å²) in [6.07, 6.45) is -4.54. The second-order valence-corrected chi connectivity index (χ2v) is 4.98. The van der Waals surface area contributed by atoms with E-state index in [0.29, 0.717) is 6.54 Å². The molecule has 0 aromatic heterocycles. The Morgan fingerprint density at radius 1 is 1.05 bits per heavy atom. The Hall–Kier alpha value is -0.370. The summed E-state index contributed by atoms with van der Waals surface area (Å²) in [5.74, 6) is 0. The Morgan fingerprint density at radius 2 is 1.63 bits per heavy atom. The lowest BCUT2D eigenvalue weighted by Gasteiger charge is -2.26. The molecule has 0 rings (SSSR count). The summed E-state index contributed by atoms with van der Waals surface area (Å²) in [6.45, 7) is 7.19. The van der Waals surface area contributed by atoms with Crippen LogP contribution in [0.1, 0.15) is 13.8 Å². The zero-order valence-electron chi connectivity index (χ0n) is 12.3. The summed E-state index contributed by atoms with van der Waals surface area (Å²) in [4.78, 5) is 4.04. The third-order valence-corrected chi connectivity index (χ3v) is 2.69. The first kappa shape index (κ1) is 18.6. The van der Waals surface area contributed by atoms with Gasteiger partial charge in [0.05, 0.1) is 6.61 Å². The molecule has 19 heavy (non-hydrogen) atoms. The number of halogens is 3. The van der Waals surface area contributed by atoms with Gasteiger partial charge >= 0.3 is 6.36 Å². The molecule has 7 heteroatoms. The first-order valence-corrected chi connectivity index (χ1v) is 6.52. The maximum absolute atomic E-state index is 11.9. The molecule has 0 amide bonds. The lowest BCUT2D eigenvalue weighted by atomic mass is 10.3. The smallest absolute Gasteiger partial charge is 0.314 e. The van der Waals surface area contributed by atoms with E-state index in [-0.39, 0.29) is 19.2 Å². The molecular formula is C12H26F3N3O. The summed E-state index contributed by atoms with van der Waals surface area (Å²) < 4.78 is 39.4. The van der Waals surface area contributed by atoms with Crippen molar-refractivity contribution < 1.29 is 17.9 Å². The fraction of sp³-hybridized carbons (Fsp3) is 1.00. The molecule has 0 aromatic carbocycles. The molecule has 0 fully saturated rings. The van der Waals surface area contributed by atoms with E-state index in [9.17, 15) is 13.2 Å². The van der Waals surface area contributed by atoms with E-state index in [2.05, 4.69) is 15.0 Å². The molecule has 1 N–H and O–H groups in total.